The molecule has 0 saturated carbocycles. The van der Waals surface area contributed by atoms with E-state index in [0.29, 0.717) is 0 Å². The van der Waals surface area contributed by atoms with E-state index in [1.807, 2.05) is 0 Å². The number of allylic oxidation sites excluding steroid dienone is 1. The molecule has 1 atom stereocenters. The number of hydrogen-bond acceptors (Lipinski definition) is 4. The Morgan fingerprint density at radius 1 is 0.958 bits per heavy atom. The number of carbonyl (C=O) groups is 4. The molecular weight excluding hydrogens is 456 g/mol. The molecule has 8 nitrogen and oxygen atoms in total. The Hall–Kier alpha value is -2.20. The Balaban J connectivity index is 3.10. The average Bonchev–Trinajstić information content (AvgIpc) is 2.44. The molecule has 0 heterocycles. The van der Waals surface area contributed by atoms with Crippen molar-refractivity contribution < 1.29 is 39.6 Å². The minimum absolute atomic E-state index is 0.0630. The lowest BCUT2D eigenvalue weighted by atomic mass is 9.68. The van der Waals surface area contributed by atoms with Crippen molar-refractivity contribution in [1.82, 2.24) is 0 Å². The van der Waals surface area contributed by atoms with Crippen LogP contribution in [0.3, 0.4) is 0 Å². The normalized spacial score (nSPS) is 18.2. The molecule has 0 aliphatic heterocycles. The van der Waals surface area contributed by atoms with Gasteiger partial charge >= 0.3 is 23.9 Å². The number of carboxylic acid groups (broad SMARTS) is 4. The van der Waals surface area contributed by atoms with Gasteiger partial charge in [-0.15, -0.1) is 0 Å². The van der Waals surface area contributed by atoms with Crippen LogP contribution in [-0.4, -0.2) is 49.1 Å². The second-order valence-electron chi connectivity index (χ2n) is 4.86. The van der Waals surface area contributed by atoms with Crippen molar-refractivity contribution in [3.63, 3.8) is 0 Å². The highest BCUT2D eigenvalue weighted by Gasteiger charge is 2.58. The summed E-state index contributed by atoms with van der Waals surface area (Å²) in [4.78, 5) is 45.3. The quantitative estimate of drug-likeness (QED) is 0.390. The molecule has 0 aromatic heterocycles. The number of aliphatic carboxylic acids is 3. The van der Waals surface area contributed by atoms with Crippen molar-refractivity contribution in [2.45, 2.75) is 10.2 Å². The van der Waals surface area contributed by atoms with E-state index in [9.17, 15) is 39.6 Å². The van der Waals surface area contributed by atoms with Crippen molar-refractivity contribution in [3.8, 4) is 0 Å². The van der Waals surface area contributed by atoms with Crippen LogP contribution in [0.1, 0.15) is 21.5 Å². The SMILES string of the molecule is O=C(O)C1=CC(Br)C(C(=O)O)(C(=O)O)c2c1ccc(Br)c2C(=O)O. The van der Waals surface area contributed by atoms with E-state index < -0.39 is 45.2 Å². The summed E-state index contributed by atoms with van der Waals surface area (Å²) in [7, 11) is 0. The first kappa shape index (κ1) is 18.1. The summed E-state index contributed by atoms with van der Waals surface area (Å²) in [6.45, 7) is 0. The zero-order valence-corrected chi connectivity index (χ0v) is 14.7. The van der Waals surface area contributed by atoms with Gasteiger partial charge in [0, 0.05) is 10.0 Å². The minimum Gasteiger partial charge on any atom is -0.480 e. The molecule has 0 amide bonds. The molecule has 1 aliphatic rings. The Bertz CT molecular complexity index is 812. The third-order valence-electron chi connectivity index (χ3n) is 3.68. The topological polar surface area (TPSA) is 149 Å². The molecule has 1 unspecified atom stereocenters. The van der Waals surface area contributed by atoms with Crippen LogP contribution in [0, 0.1) is 0 Å². The maximum absolute atomic E-state index is 11.9. The number of alkyl halides is 1. The number of carboxylic acids is 4. The Kier molecular flexibility index (Phi) is 4.55. The van der Waals surface area contributed by atoms with Gasteiger partial charge in [0.1, 0.15) is 0 Å². The number of hydrogen-bond donors (Lipinski definition) is 4. The Morgan fingerprint density at radius 2 is 1.50 bits per heavy atom. The lowest BCUT2D eigenvalue weighted by Gasteiger charge is -2.35. The summed E-state index contributed by atoms with van der Waals surface area (Å²) in [6.07, 6.45) is 0.937. The van der Waals surface area contributed by atoms with Crippen LogP contribution in [0.25, 0.3) is 5.57 Å². The zero-order valence-electron chi connectivity index (χ0n) is 11.5. The fourth-order valence-electron chi connectivity index (χ4n) is 2.65. The predicted octanol–water partition coefficient (Wildman–Crippen LogP) is 1.80. The largest absolute Gasteiger partial charge is 0.480 e. The molecule has 1 aromatic rings. The summed E-state index contributed by atoms with van der Waals surface area (Å²) < 4.78 is -0.0630. The third kappa shape index (κ3) is 2.33. The second kappa shape index (κ2) is 6.02. The average molecular weight is 464 g/mol. The summed E-state index contributed by atoms with van der Waals surface area (Å²) in [5, 5.41) is 37.9. The standard InChI is InChI=1S/C14H8Br2O8/c15-6-2-1-4-5(10(17)18)3-7(16)14(12(21)22,13(23)24)9(4)8(6)11(19)20/h1-3,7H,(H,17,18)(H,19,20)(H,21,22)(H,23,24). The third-order valence-corrected chi connectivity index (χ3v) is 5.30. The van der Waals surface area contributed by atoms with Crippen molar-refractivity contribution in [1.29, 1.82) is 0 Å². The van der Waals surface area contributed by atoms with Gasteiger partial charge in [0.05, 0.1) is 16.0 Å². The highest BCUT2D eigenvalue weighted by molar-refractivity contribution is 9.10. The lowest BCUT2D eigenvalue weighted by molar-refractivity contribution is -0.157. The number of rotatable bonds is 4. The molecule has 2 rings (SSSR count). The van der Waals surface area contributed by atoms with Crippen molar-refractivity contribution in [2.24, 2.45) is 0 Å². The fraction of sp³-hybridized carbons (Fsp3) is 0.143. The Labute approximate surface area is 150 Å². The Morgan fingerprint density at radius 3 is 1.92 bits per heavy atom. The monoisotopic (exact) mass is 462 g/mol. The maximum atomic E-state index is 11.9. The van der Waals surface area contributed by atoms with E-state index in [2.05, 4.69) is 31.9 Å². The van der Waals surface area contributed by atoms with Crippen LogP contribution >= 0.6 is 31.9 Å². The first-order valence-electron chi connectivity index (χ1n) is 6.19. The number of benzene rings is 1. The van der Waals surface area contributed by atoms with Crippen LogP contribution in [-0.2, 0) is 19.8 Å². The van der Waals surface area contributed by atoms with Gasteiger partial charge in [-0.25, -0.2) is 9.59 Å². The zero-order chi connectivity index (χ0) is 18.4. The molecular formula is C14H8Br2O8. The van der Waals surface area contributed by atoms with E-state index in [1.54, 1.807) is 0 Å². The van der Waals surface area contributed by atoms with Gasteiger partial charge in [0.2, 0.25) is 5.41 Å². The molecule has 0 fully saturated rings. The lowest BCUT2D eigenvalue weighted by Crippen LogP contribution is -2.53. The van der Waals surface area contributed by atoms with Gasteiger partial charge in [0.25, 0.3) is 0 Å². The number of aromatic carboxylic acids is 1. The molecule has 0 spiro atoms. The molecule has 0 radical (unpaired) electrons. The van der Waals surface area contributed by atoms with E-state index in [1.165, 1.54) is 12.1 Å². The van der Waals surface area contributed by atoms with Crippen molar-refractivity contribution in [3.05, 3.63) is 39.4 Å². The van der Waals surface area contributed by atoms with Crippen LogP contribution in [0.2, 0.25) is 0 Å². The van der Waals surface area contributed by atoms with Gasteiger partial charge in [-0.2, -0.15) is 0 Å². The fourth-order valence-corrected chi connectivity index (χ4v) is 4.03. The van der Waals surface area contributed by atoms with E-state index >= 15 is 0 Å². The summed E-state index contributed by atoms with van der Waals surface area (Å²) >= 11 is 5.84. The number of halogens is 2. The molecule has 1 aromatic carbocycles. The van der Waals surface area contributed by atoms with Gasteiger partial charge in [-0.05, 0) is 27.6 Å². The summed E-state index contributed by atoms with van der Waals surface area (Å²) in [5.74, 6) is -6.67. The molecule has 4 N–H and O–H groups in total. The van der Waals surface area contributed by atoms with Crippen LogP contribution < -0.4 is 0 Å². The van der Waals surface area contributed by atoms with E-state index in [-0.39, 0.29) is 15.6 Å². The van der Waals surface area contributed by atoms with Gasteiger partial charge in [-0.1, -0.05) is 28.1 Å². The van der Waals surface area contributed by atoms with Crippen LogP contribution in [0.5, 0.6) is 0 Å². The van der Waals surface area contributed by atoms with Gasteiger partial charge < -0.3 is 20.4 Å². The predicted molar refractivity (Wildman–Crippen MR) is 86.4 cm³/mol. The summed E-state index contributed by atoms with van der Waals surface area (Å²) in [6, 6.07) is 2.40. The van der Waals surface area contributed by atoms with Gasteiger partial charge in [0.15, 0.2) is 0 Å². The van der Waals surface area contributed by atoms with Crippen LogP contribution in [0.4, 0.5) is 0 Å². The van der Waals surface area contributed by atoms with Gasteiger partial charge in [-0.3, -0.25) is 9.59 Å². The van der Waals surface area contributed by atoms with E-state index in [4.69, 9.17) is 0 Å². The van der Waals surface area contributed by atoms with Crippen molar-refractivity contribution >= 4 is 61.3 Å². The van der Waals surface area contributed by atoms with E-state index in [0.717, 1.165) is 6.08 Å². The first-order chi connectivity index (χ1) is 11.1. The molecule has 0 bridgehead atoms. The molecule has 0 saturated heterocycles. The van der Waals surface area contributed by atoms with Crippen LogP contribution in [0.15, 0.2) is 22.7 Å². The highest BCUT2D eigenvalue weighted by Crippen LogP contribution is 2.46. The number of fused-ring (bicyclic) bond motifs is 1. The maximum Gasteiger partial charge on any atom is 0.337 e. The highest BCUT2D eigenvalue weighted by atomic mass is 79.9. The molecule has 10 heteroatoms. The smallest absolute Gasteiger partial charge is 0.337 e. The second-order valence-corrected chi connectivity index (χ2v) is 6.70. The molecule has 126 valence electrons. The summed E-state index contributed by atoms with van der Waals surface area (Å²) in [5.41, 5.74) is -4.59. The molecule has 1 aliphatic carbocycles. The first-order valence-corrected chi connectivity index (χ1v) is 7.90. The minimum atomic E-state index is -2.70. The van der Waals surface area contributed by atoms with Crippen molar-refractivity contribution in [2.75, 3.05) is 0 Å². The molecule has 24 heavy (non-hydrogen) atoms.